The molecule has 15 heteroatoms. The molecule has 69 heavy (non-hydrogen) atoms. The lowest BCUT2D eigenvalue weighted by Gasteiger charge is -2.42. The summed E-state index contributed by atoms with van der Waals surface area (Å²) in [6.07, 6.45) is 28.6. The Morgan fingerprint density at radius 1 is 0.565 bits per heavy atom. The minimum atomic E-state index is -1.68. The summed E-state index contributed by atoms with van der Waals surface area (Å²) < 4.78 is 17.7. The summed E-state index contributed by atoms with van der Waals surface area (Å²) in [5.74, 6) is -3.52. The van der Waals surface area contributed by atoms with Gasteiger partial charge in [-0.2, -0.15) is 0 Å². The van der Waals surface area contributed by atoms with Gasteiger partial charge in [-0.3, -0.25) is 24.0 Å². The molecule has 1 fully saturated rings. The molecule has 404 valence electrons. The number of aliphatic hydroxyl groups excluding tert-OH is 3. The van der Waals surface area contributed by atoms with Gasteiger partial charge in [0, 0.05) is 12.8 Å². The molecule has 0 bridgehead atoms. The SMILES string of the molecule is CCCCCCCCCCCCCC(=O)N[C@@H](CO[C@@H]1O[C@H](CO)[C@@H](O)[C@H](O)[C@H]1NC(=O)C[C@@H](CCCCCCCCCCC)OC(=O)CCCCCCCCCCCCC)C(=O)N[C@@H](C)C(=O)O. The minimum absolute atomic E-state index is 0.134. The molecule has 0 aromatic carbocycles. The number of hydrogen-bond donors (Lipinski definition) is 7. The molecule has 8 atom stereocenters. The van der Waals surface area contributed by atoms with Crippen LogP contribution >= 0.6 is 0 Å². The number of rotatable bonds is 46. The van der Waals surface area contributed by atoms with E-state index in [9.17, 15) is 44.4 Å². The Hall–Kier alpha value is -2.85. The van der Waals surface area contributed by atoms with Crippen molar-refractivity contribution in [1.29, 1.82) is 0 Å². The van der Waals surface area contributed by atoms with Gasteiger partial charge in [0.25, 0.3) is 0 Å². The van der Waals surface area contributed by atoms with Crippen molar-refractivity contribution in [2.45, 2.75) is 301 Å². The third-order valence-electron chi connectivity index (χ3n) is 13.3. The first-order chi connectivity index (χ1) is 33.4. The molecule has 1 saturated heterocycles. The highest BCUT2D eigenvalue weighted by molar-refractivity contribution is 5.90. The number of hydrogen-bond acceptors (Lipinski definition) is 11. The highest BCUT2D eigenvalue weighted by Crippen LogP contribution is 2.24. The highest BCUT2D eigenvalue weighted by Gasteiger charge is 2.46. The summed E-state index contributed by atoms with van der Waals surface area (Å²) >= 11 is 0. The van der Waals surface area contributed by atoms with Crippen molar-refractivity contribution in [1.82, 2.24) is 16.0 Å². The Kier molecular flexibility index (Phi) is 39.8. The van der Waals surface area contributed by atoms with E-state index in [1.807, 2.05) is 0 Å². The maximum Gasteiger partial charge on any atom is 0.325 e. The van der Waals surface area contributed by atoms with E-state index in [0.717, 1.165) is 70.6 Å². The zero-order valence-corrected chi connectivity index (χ0v) is 43.8. The van der Waals surface area contributed by atoms with Crippen molar-refractivity contribution in [3.8, 4) is 0 Å². The van der Waals surface area contributed by atoms with E-state index < -0.39 is 85.7 Å². The van der Waals surface area contributed by atoms with Crippen LogP contribution in [0.4, 0.5) is 0 Å². The molecule has 0 aliphatic carbocycles. The average molecular weight is 984 g/mol. The summed E-state index contributed by atoms with van der Waals surface area (Å²) in [7, 11) is 0. The molecular weight excluding hydrogens is 883 g/mol. The van der Waals surface area contributed by atoms with Gasteiger partial charge < -0.3 is 50.6 Å². The maximum atomic E-state index is 13.8. The summed E-state index contributed by atoms with van der Waals surface area (Å²) in [5.41, 5.74) is 0. The van der Waals surface area contributed by atoms with Crippen molar-refractivity contribution in [3.05, 3.63) is 0 Å². The summed E-state index contributed by atoms with van der Waals surface area (Å²) in [6, 6.07) is -4.07. The van der Waals surface area contributed by atoms with Crippen LogP contribution in [0, 0.1) is 0 Å². The van der Waals surface area contributed by atoms with Crippen LogP contribution in [0.5, 0.6) is 0 Å². The van der Waals surface area contributed by atoms with Crippen molar-refractivity contribution in [2.75, 3.05) is 13.2 Å². The van der Waals surface area contributed by atoms with Crippen LogP contribution in [0.1, 0.15) is 252 Å². The molecule has 15 nitrogen and oxygen atoms in total. The second-order valence-electron chi connectivity index (χ2n) is 19.8. The second kappa shape index (κ2) is 42.8. The van der Waals surface area contributed by atoms with Gasteiger partial charge in [0.05, 0.1) is 19.6 Å². The van der Waals surface area contributed by atoms with Crippen LogP contribution < -0.4 is 16.0 Å². The number of carbonyl (C=O) groups is 5. The Bertz CT molecular complexity index is 1320. The Balaban J connectivity index is 2.96. The van der Waals surface area contributed by atoms with Crippen molar-refractivity contribution < 1.29 is 58.6 Å². The lowest BCUT2D eigenvalue weighted by molar-refractivity contribution is -0.271. The van der Waals surface area contributed by atoms with Crippen LogP contribution in [0.25, 0.3) is 0 Å². The summed E-state index contributed by atoms with van der Waals surface area (Å²) in [4.78, 5) is 64.9. The van der Waals surface area contributed by atoms with E-state index in [1.165, 1.54) is 122 Å². The fourth-order valence-corrected chi connectivity index (χ4v) is 8.86. The van der Waals surface area contributed by atoms with Crippen molar-refractivity contribution >= 4 is 29.7 Å². The molecule has 0 unspecified atom stereocenters. The molecule has 0 aromatic heterocycles. The number of aliphatic hydroxyl groups is 3. The maximum absolute atomic E-state index is 13.8. The van der Waals surface area contributed by atoms with E-state index >= 15 is 0 Å². The Morgan fingerprint density at radius 2 is 1.00 bits per heavy atom. The quantitative estimate of drug-likeness (QED) is 0.0223. The van der Waals surface area contributed by atoms with Crippen LogP contribution in [0.2, 0.25) is 0 Å². The first-order valence-corrected chi connectivity index (χ1v) is 27.9. The number of esters is 1. The van der Waals surface area contributed by atoms with Crippen LogP contribution in [-0.4, -0.2) is 112 Å². The topological polar surface area (TPSA) is 230 Å². The summed E-state index contributed by atoms with van der Waals surface area (Å²) in [5, 5.41) is 49.2. The minimum Gasteiger partial charge on any atom is -0.480 e. The fourth-order valence-electron chi connectivity index (χ4n) is 8.86. The average Bonchev–Trinajstić information content (AvgIpc) is 3.32. The molecule has 3 amide bonds. The lowest BCUT2D eigenvalue weighted by atomic mass is 9.96. The van der Waals surface area contributed by atoms with Gasteiger partial charge >= 0.3 is 11.9 Å². The standard InChI is InChI=1S/C54H101N3O12/c1-5-8-11-14-17-20-22-25-28-31-34-37-46(59)56-44(52(64)55-42(4)53(65)66)41-67-54-49(51(63)50(62)45(40-58)69-54)57-47(60)39-43(36-33-30-27-24-19-16-13-10-7-3)68-48(61)38-35-32-29-26-23-21-18-15-12-9-6-2/h42-45,49-51,54,58,62-63H,5-41H2,1-4H3,(H,55,64)(H,56,59)(H,57,60)(H,65,66)/t42-,43+,44-,45+,49+,50+,51+,54+/m0/s1. The van der Waals surface area contributed by atoms with Gasteiger partial charge in [0.1, 0.15) is 42.5 Å². The van der Waals surface area contributed by atoms with E-state index in [1.54, 1.807) is 0 Å². The van der Waals surface area contributed by atoms with Gasteiger partial charge in [-0.05, 0) is 32.6 Å². The number of carboxylic acids is 1. The molecule has 0 spiro atoms. The second-order valence-corrected chi connectivity index (χ2v) is 19.8. The largest absolute Gasteiger partial charge is 0.480 e. The third kappa shape index (κ3) is 32.7. The molecule has 0 saturated carbocycles. The molecule has 0 radical (unpaired) electrons. The van der Waals surface area contributed by atoms with E-state index in [2.05, 4.69) is 36.7 Å². The zero-order chi connectivity index (χ0) is 50.9. The third-order valence-corrected chi connectivity index (χ3v) is 13.3. The monoisotopic (exact) mass is 984 g/mol. The lowest BCUT2D eigenvalue weighted by Crippen LogP contribution is -2.65. The van der Waals surface area contributed by atoms with Gasteiger partial charge in [-0.15, -0.1) is 0 Å². The first kappa shape index (κ1) is 64.2. The zero-order valence-electron chi connectivity index (χ0n) is 43.8. The Labute approximate surface area is 417 Å². The van der Waals surface area contributed by atoms with Gasteiger partial charge in [0.2, 0.25) is 17.7 Å². The molecule has 0 aromatic rings. The van der Waals surface area contributed by atoms with E-state index in [4.69, 9.17) is 14.2 Å². The predicted octanol–water partition coefficient (Wildman–Crippen LogP) is 9.63. The molecule has 1 heterocycles. The van der Waals surface area contributed by atoms with Gasteiger partial charge in [-0.25, -0.2) is 0 Å². The highest BCUT2D eigenvalue weighted by atomic mass is 16.7. The van der Waals surface area contributed by atoms with Crippen LogP contribution in [-0.2, 0) is 38.2 Å². The molecule has 1 rings (SSSR count). The van der Waals surface area contributed by atoms with Crippen LogP contribution in [0.15, 0.2) is 0 Å². The van der Waals surface area contributed by atoms with Crippen molar-refractivity contribution in [2.24, 2.45) is 0 Å². The van der Waals surface area contributed by atoms with E-state index in [-0.39, 0.29) is 25.2 Å². The van der Waals surface area contributed by atoms with Crippen molar-refractivity contribution in [3.63, 3.8) is 0 Å². The smallest absolute Gasteiger partial charge is 0.325 e. The Morgan fingerprint density at radius 3 is 1.45 bits per heavy atom. The number of unbranched alkanes of at least 4 members (excludes halogenated alkanes) is 28. The molecule has 1 aliphatic heterocycles. The number of carbonyl (C=O) groups excluding carboxylic acids is 4. The number of ether oxygens (including phenoxy) is 3. The molecule has 7 N–H and O–H groups in total. The number of nitrogens with one attached hydrogen (secondary N) is 3. The normalized spacial score (nSPS) is 19.4. The molecular formula is C54H101N3O12. The number of aliphatic carboxylic acids is 1. The predicted molar refractivity (Wildman–Crippen MR) is 271 cm³/mol. The fraction of sp³-hybridized carbons (Fsp3) is 0.907. The molecule has 1 aliphatic rings. The first-order valence-electron chi connectivity index (χ1n) is 27.9. The number of carboxylic acid groups (broad SMARTS) is 1. The number of amides is 3. The summed E-state index contributed by atoms with van der Waals surface area (Å²) in [6.45, 7) is 6.65. The van der Waals surface area contributed by atoms with Gasteiger partial charge in [-0.1, -0.05) is 201 Å². The van der Waals surface area contributed by atoms with E-state index in [0.29, 0.717) is 19.3 Å². The van der Waals surface area contributed by atoms with Gasteiger partial charge in [0.15, 0.2) is 6.29 Å². The van der Waals surface area contributed by atoms with Crippen LogP contribution in [0.3, 0.4) is 0 Å².